The molecule has 2 aliphatic heterocycles. The second-order valence-electron chi connectivity index (χ2n) is 10.5. The van der Waals surface area contributed by atoms with Crippen LogP contribution in [0, 0.1) is 13.8 Å². The number of rotatable bonds is 3. The van der Waals surface area contributed by atoms with Gasteiger partial charge in [0.2, 0.25) is 11.8 Å². The van der Waals surface area contributed by atoms with E-state index >= 15 is 0 Å². The van der Waals surface area contributed by atoms with Crippen LogP contribution >= 0.6 is 0 Å². The lowest BCUT2D eigenvalue weighted by atomic mass is 10.00. The molecule has 1 amide bonds. The van der Waals surface area contributed by atoms with Gasteiger partial charge in [-0.3, -0.25) is 9.69 Å². The van der Waals surface area contributed by atoms with Crippen molar-refractivity contribution in [2.45, 2.75) is 31.3 Å². The van der Waals surface area contributed by atoms with Gasteiger partial charge in [-0.25, -0.2) is 18.1 Å². The highest BCUT2D eigenvalue weighted by atomic mass is 32.2. The second kappa shape index (κ2) is 10.9. The minimum Gasteiger partial charge on any atom is -0.475 e. The van der Waals surface area contributed by atoms with Crippen molar-refractivity contribution in [1.82, 2.24) is 19.8 Å². The summed E-state index contributed by atoms with van der Waals surface area (Å²) in [5, 5.41) is 0. The maximum atomic E-state index is 13.7. The molecule has 1 aromatic heterocycles. The molecule has 41 heavy (non-hydrogen) atoms. The average molecular weight is 570 g/mol. The first-order valence-corrected chi connectivity index (χ1v) is 15.0. The molecule has 0 spiro atoms. The molecular weight excluding hydrogens is 538 g/mol. The van der Waals surface area contributed by atoms with Crippen molar-refractivity contribution >= 4 is 21.9 Å². The number of sulfonamides is 1. The van der Waals surface area contributed by atoms with Gasteiger partial charge >= 0.3 is 0 Å². The molecule has 4 bridgehead atoms. The molecule has 1 unspecified atom stereocenters. The Kier molecular flexibility index (Phi) is 7.19. The Bertz CT molecular complexity index is 1690. The van der Waals surface area contributed by atoms with Crippen LogP contribution in [0.2, 0.25) is 0 Å². The summed E-state index contributed by atoms with van der Waals surface area (Å²) >= 11 is 0. The zero-order valence-corrected chi connectivity index (χ0v) is 23.8. The van der Waals surface area contributed by atoms with Crippen LogP contribution in [0.5, 0.6) is 5.88 Å². The number of ether oxygens (including phenoxy) is 1. The van der Waals surface area contributed by atoms with Crippen LogP contribution in [0.15, 0.2) is 83.8 Å². The lowest BCUT2D eigenvalue weighted by Crippen LogP contribution is -2.57. The molecule has 4 aromatic rings. The van der Waals surface area contributed by atoms with Crippen molar-refractivity contribution < 1.29 is 17.9 Å². The van der Waals surface area contributed by atoms with E-state index in [-0.39, 0.29) is 35.3 Å². The van der Waals surface area contributed by atoms with Crippen LogP contribution in [0.1, 0.15) is 27.0 Å². The van der Waals surface area contributed by atoms with E-state index < -0.39 is 10.0 Å². The largest absolute Gasteiger partial charge is 0.475 e. The van der Waals surface area contributed by atoms with Gasteiger partial charge in [-0.2, -0.15) is 4.98 Å². The van der Waals surface area contributed by atoms with Gasteiger partial charge in [-0.15, -0.1) is 0 Å². The predicted molar refractivity (Wildman–Crippen MR) is 156 cm³/mol. The standard InChI is InChI=1S/C31H31N5O4S/c1-21-8-6-9-22(2)29(21)27-17-28-33-31(32-27)34-41(38,39)26-13-7-12-24(16-26)30(37)36-15-14-35(19-25(36)20-40-28)18-23-10-4-3-5-11-23/h3-13,16-17,25H,14-15,18-20H2,1-2H3,(H,32,33,34). The molecule has 0 saturated carbocycles. The molecular formula is C31H31N5O4S. The van der Waals surface area contributed by atoms with E-state index in [0.29, 0.717) is 30.9 Å². The number of aromatic nitrogens is 2. The molecule has 1 N–H and O–H groups in total. The van der Waals surface area contributed by atoms with Crippen LogP contribution in [-0.4, -0.2) is 66.4 Å². The van der Waals surface area contributed by atoms with E-state index in [0.717, 1.165) is 23.2 Å². The number of nitrogens with zero attached hydrogens (tertiary/aromatic N) is 4. The summed E-state index contributed by atoms with van der Waals surface area (Å²) in [7, 11) is -4.08. The first-order valence-electron chi connectivity index (χ1n) is 13.6. The molecule has 0 radical (unpaired) electrons. The van der Waals surface area contributed by atoms with Gasteiger partial charge in [0.15, 0.2) is 0 Å². The maximum absolute atomic E-state index is 13.7. The fraction of sp³-hybridized carbons (Fsp3) is 0.258. The van der Waals surface area contributed by atoms with E-state index in [4.69, 9.17) is 4.74 Å². The normalized spacial score (nSPS) is 18.6. The first-order chi connectivity index (χ1) is 19.8. The Morgan fingerprint density at radius 1 is 0.927 bits per heavy atom. The van der Waals surface area contributed by atoms with Crippen LogP contribution < -0.4 is 9.46 Å². The summed E-state index contributed by atoms with van der Waals surface area (Å²) in [6.07, 6.45) is 0. The van der Waals surface area contributed by atoms with Crippen molar-refractivity contribution in [3.63, 3.8) is 0 Å². The summed E-state index contributed by atoms with van der Waals surface area (Å²) < 4.78 is 35.5. The number of aryl methyl sites for hydroxylation is 2. The Morgan fingerprint density at radius 2 is 1.68 bits per heavy atom. The number of benzene rings is 3. The van der Waals surface area contributed by atoms with E-state index in [1.165, 1.54) is 17.7 Å². The molecule has 3 heterocycles. The van der Waals surface area contributed by atoms with E-state index in [9.17, 15) is 13.2 Å². The van der Waals surface area contributed by atoms with Crippen LogP contribution in [0.4, 0.5) is 5.95 Å². The van der Waals surface area contributed by atoms with E-state index in [1.54, 1.807) is 23.1 Å². The number of amides is 1. The van der Waals surface area contributed by atoms with Gasteiger partial charge in [-0.05, 0) is 48.7 Å². The lowest BCUT2D eigenvalue weighted by molar-refractivity contribution is 0.0310. The van der Waals surface area contributed by atoms with Crippen molar-refractivity contribution in [2.24, 2.45) is 0 Å². The smallest absolute Gasteiger partial charge is 0.264 e. The number of hydrogen-bond donors (Lipinski definition) is 1. The van der Waals surface area contributed by atoms with Crippen LogP contribution in [0.3, 0.4) is 0 Å². The van der Waals surface area contributed by atoms with E-state index in [1.807, 2.05) is 50.2 Å². The third-order valence-electron chi connectivity index (χ3n) is 7.56. The zero-order valence-electron chi connectivity index (χ0n) is 22.9. The number of anilines is 1. The summed E-state index contributed by atoms with van der Waals surface area (Å²) in [4.78, 5) is 26.8. The summed E-state index contributed by atoms with van der Waals surface area (Å²) in [6, 6.07) is 23.7. The van der Waals surface area contributed by atoms with E-state index in [2.05, 4.69) is 31.7 Å². The number of hydrogen-bond acceptors (Lipinski definition) is 7. The Morgan fingerprint density at radius 3 is 2.46 bits per heavy atom. The number of carbonyl (C=O) groups is 1. The molecule has 2 aliphatic rings. The summed E-state index contributed by atoms with van der Waals surface area (Å²) in [5.74, 6) is -0.0977. The molecule has 0 aliphatic carbocycles. The third-order valence-corrected chi connectivity index (χ3v) is 8.88. The summed E-state index contributed by atoms with van der Waals surface area (Å²) in [6.45, 7) is 6.67. The van der Waals surface area contributed by atoms with Gasteiger partial charge in [0.1, 0.15) is 6.61 Å². The third kappa shape index (κ3) is 5.66. The van der Waals surface area contributed by atoms with Gasteiger partial charge in [-0.1, -0.05) is 54.6 Å². The highest BCUT2D eigenvalue weighted by molar-refractivity contribution is 7.92. The second-order valence-corrected chi connectivity index (χ2v) is 12.2. The number of fused-ring (bicyclic) bond motifs is 5. The molecule has 1 saturated heterocycles. The van der Waals surface area contributed by atoms with Crippen molar-refractivity contribution in [3.8, 4) is 17.1 Å². The highest BCUT2D eigenvalue weighted by Crippen LogP contribution is 2.30. The van der Waals surface area contributed by atoms with Crippen LogP contribution in [0.25, 0.3) is 11.3 Å². The quantitative estimate of drug-likeness (QED) is 0.393. The fourth-order valence-electron chi connectivity index (χ4n) is 5.53. The van der Waals surface area contributed by atoms with Gasteiger partial charge in [0.05, 0.1) is 16.6 Å². The number of piperazine rings is 1. The van der Waals surface area contributed by atoms with Crippen LogP contribution in [-0.2, 0) is 16.6 Å². The Labute approximate surface area is 239 Å². The zero-order chi connectivity index (χ0) is 28.6. The monoisotopic (exact) mass is 569 g/mol. The lowest BCUT2D eigenvalue weighted by Gasteiger charge is -2.41. The molecule has 10 heteroatoms. The minimum absolute atomic E-state index is 0.0367. The predicted octanol–water partition coefficient (Wildman–Crippen LogP) is 4.28. The molecule has 1 fully saturated rings. The summed E-state index contributed by atoms with van der Waals surface area (Å²) in [5.41, 5.74) is 4.92. The molecule has 210 valence electrons. The van der Waals surface area contributed by atoms with Crippen molar-refractivity contribution in [1.29, 1.82) is 0 Å². The maximum Gasteiger partial charge on any atom is 0.264 e. The van der Waals surface area contributed by atoms with Crippen molar-refractivity contribution in [3.05, 3.63) is 101 Å². The van der Waals surface area contributed by atoms with Crippen molar-refractivity contribution in [2.75, 3.05) is 31.0 Å². The number of nitrogens with one attached hydrogen (secondary N) is 1. The topological polar surface area (TPSA) is 105 Å². The Hall–Kier alpha value is -4.28. The molecule has 9 nitrogen and oxygen atoms in total. The molecule has 3 aromatic carbocycles. The van der Waals surface area contributed by atoms with Gasteiger partial charge in [0, 0.05) is 43.4 Å². The molecule has 6 rings (SSSR count). The average Bonchev–Trinajstić information content (AvgIpc) is 2.96. The SMILES string of the molecule is Cc1cccc(C)c1-c1cc2nc(n1)NS(=O)(=O)c1cccc(c1)C(=O)N1CCN(Cc3ccccc3)CC1CO2. The molecule has 1 atom stereocenters. The van der Waals surface area contributed by atoms with Gasteiger partial charge < -0.3 is 9.64 Å². The first kappa shape index (κ1) is 26.9. The minimum atomic E-state index is -4.08. The number of carbonyl (C=O) groups excluding carboxylic acids is 1. The van der Waals surface area contributed by atoms with Gasteiger partial charge in [0.25, 0.3) is 15.9 Å². The Balaban J connectivity index is 1.41. The highest BCUT2D eigenvalue weighted by Gasteiger charge is 2.33. The fourth-order valence-corrected chi connectivity index (χ4v) is 6.52.